The minimum atomic E-state index is 0.611. The van der Waals surface area contributed by atoms with E-state index in [1.54, 1.807) is 0 Å². The van der Waals surface area contributed by atoms with Crippen LogP contribution in [0.25, 0.3) is 0 Å². The standard InChI is InChI=1S/C21H33N3O/c1-4-5-6-7-8-9-13-25-16-24-20-15-18(3)17(2)14-19(20)23-12-10-11-22-21(23)24/h14-15H,4-13,16H2,1-3H3. The summed E-state index contributed by atoms with van der Waals surface area (Å²) < 4.78 is 6.02. The van der Waals surface area contributed by atoms with Crippen LogP contribution in [0.15, 0.2) is 17.1 Å². The van der Waals surface area contributed by atoms with Gasteiger partial charge in [-0.1, -0.05) is 39.0 Å². The lowest BCUT2D eigenvalue weighted by molar-refractivity contribution is 0.137. The first-order valence-corrected chi connectivity index (χ1v) is 10.0. The van der Waals surface area contributed by atoms with Crippen LogP contribution in [0.4, 0.5) is 11.4 Å². The average molecular weight is 344 g/mol. The second kappa shape index (κ2) is 8.70. The van der Waals surface area contributed by atoms with Crippen LogP contribution >= 0.6 is 0 Å². The lowest BCUT2D eigenvalue weighted by Crippen LogP contribution is -2.42. The van der Waals surface area contributed by atoms with Crippen LogP contribution in [0.3, 0.4) is 0 Å². The van der Waals surface area contributed by atoms with E-state index >= 15 is 0 Å². The number of hydrogen-bond acceptors (Lipinski definition) is 4. The van der Waals surface area contributed by atoms with Gasteiger partial charge in [0.1, 0.15) is 6.73 Å². The number of ether oxygens (including phenoxy) is 1. The first-order chi connectivity index (χ1) is 12.2. The number of benzene rings is 1. The molecule has 1 aromatic carbocycles. The van der Waals surface area contributed by atoms with E-state index in [4.69, 9.17) is 9.73 Å². The molecule has 0 aromatic heterocycles. The van der Waals surface area contributed by atoms with E-state index in [9.17, 15) is 0 Å². The summed E-state index contributed by atoms with van der Waals surface area (Å²) in [5, 5.41) is 0. The fraction of sp³-hybridized carbons (Fsp3) is 0.667. The highest BCUT2D eigenvalue weighted by atomic mass is 16.5. The molecule has 2 aliphatic heterocycles. The number of aliphatic imine (C=N–C) groups is 1. The van der Waals surface area contributed by atoms with Gasteiger partial charge in [-0.05, 0) is 49.9 Å². The number of unbranched alkanes of at least 4 members (excludes halogenated alkanes) is 5. The molecule has 0 saturated carbocycles. The molecule has 0 amide bonds. The van der Waals surface area contributed by atoms with Crippen LogP contribution in [-0.4, -0.2) is 32.4 Å². The van der Waals surface area contributed by atoms with E-state index in [-0.39, 0.29) is 0 Å². The van der Waals surface area contributed by atoms with Crippen molar-refractivity contribution >= 4 is 17.3 Å². The topological polar surface area (TPSA) is 28.1 Å². The van der Waals surface area contributed by atoms with Gasteiger partial charge in [-0.25, -0.2) is 0 Å². The van der Waals surface area contributed by atoms with Crippen LogP contribution in [-0.2, 0) is 4.74 Å². The molecule has 0 radical (unpaired) electrons. The summed E-state index contributed by atoms with van der Waals surface area (Å²) in [5.41, 5.74) is 5.23. The van der Waals surface area contributed by atoms with Crippen molar-refractivity contribution < 1.29 is 4.74 Å². The Kier molecular flexibility index (Phi) is 6.35. The van der Waals surface area contributed by atoms with Gasteiger partial charge in [-0.3, -0.25) is 9.89 Å². The molecule has 4 heteroatoms. The summed E-state index contributed by atoms with van der Waals surface area (Å²) >= 11 is 0. The second-order valence-corrected chi connectivity index (χ2v) is 7.35. The van der Waals surface area contributed by atoms with Gasteiger partial charge in [0.2, 0.25) is 5.96 Å². The molecule has 0 atom stereocenters. The zero-order chi connectivity index (χ0) is 17.6. The maximum Gasteiger partial charge on any atom is 0.207 e. The first-order valence-electron chi connectivity index (χ1n) is 10.0. The third kappa shape index (κ3) is 4.17. The van der Waals surface area contributed by atoms with Crippen LogP contribution < -0.4 is 9.80 Å². The Labute approximate surface area is 152 Å². The van der Waals surface area contributed by atoms with E-state index in [0.29, 0.717) is 6.73 Å². The Bertz CT molecular complexity index is 611. The third-order valence-electron chi connectivity index (χ3n) is 5.31. The largest absolute Gasteiger partial charge is 0.361 e. The van der Waals surface area contributed by atoms with Gasteiger partial charge >= 0.3 is 0 Å². The van der Waals surface area contributed by atoms with Crippen LogP contribution in [0.5, 0.6) is 0 Å². The van der Waals surface area contributed by atoms with E-state index in [2.05, 4.69) is 42.7 Å². The highest BCUT2D eigenvalue weighted by molar-refractivity contribution is 6.16. The minimum absolute atomic E-state index is 0.611. The summed E-state index contributed by atoms with van der Waals surface area (Å²) in [6.07, 6.45) is 8.93. The number of rotatable bonds is 9. The molecule has 2 aliphatic rings. The van der Waals surface area contributed by atoms with Crippen LogP contribution in [0.2, 0.25) is 0 Å². The predicted molar refractivity (Wildman–Crippen MR) is 107 cm³/mol. The molecular formula is C21H33N3O. The molecule has 4 nitrogen and oxygen atoms in total. The first kappa shape index (κ1) is 18.2. The van der Waals surface area contributed by atoms with E-state index < -0.39 is 0 Å². The van der Waals surface area contributed by atoms with Gasteiger partial charge in [0.25, 0.3) is 0 Å². The van der Waals surface area contributed by atoms with Crippen molar-refractivity contribution in [2.75, 3.05) is 36.2 Å². The highest BCUT2D eigenvalue weighted by Crippen LogP contribution is 2.40. The van der Waals surface area contributed by atoms with Crippen LogP contribution in [0, 0.1) is 13.8 Å². The minimum Gasteiger partial charge on any atom is -0.361 e. The molecule has 0 unspecified atom stereocenters. The van der Waals surface area contributed by atoms with Gasteiger partial charge in [0.15, 0.2) is 0 Å². The predicted octanol–water partition coefficient (Wildman–Crippen LogP) is 5.02. The molecule has 138 valence electrons. The Morgan fingerprint density at radius 2 is 1.72 bits per heavy atom. The quantitative estimate of drug-likeness (QED) is 0.589. The Hall–Kier alpha value is -1.55. The maximum atomic E-state index is 6.02. The fourth-order valence-corrected chi connectivity index (χ4v) is 3.65. The molecule has 0 bridgehead atoms. The third-order valence-corrected chi connectivity index (χ3v) is 5.31. The molecule has 0 spiro atoms. The van der Waals surface area contributed by atoms with Crippen molar-refractivity contribution in [1.82, 2.24) is 0 Å². The van der Waals surface area contributed by atoms with Gasteiger partial charge in [0, 0.05) is 19.7 Å². The SMILES string of the molecule is CCCCCCCCOCN1C2=NCCCN2c2cc(C)c(C)cc21. The number of anilines is 2. The second-order valence-electron chi connectivity index (χ2n) is 7.35. The summed E-state index contributed by atoms with van der Waals surface area (Å²) in [4.78, 5) is 9.41. The maximum absolute atomic E-state index is 6.02. The summed E-state index contributed by atoms with van der Waals surface area (Å²) in [6, 6.07) is 4.60. The van der Waals surface area contributed by atoms with Gasteiger partial charge in [0.05, 0.1) is 11.4 Å². The Morgan fingerprint density at radius 3 is 2.52 bits per heavy atom. The number of fused-ring (bicyclic) bond motifs is 3. The van der Waals surface area contributed by atoms with Gasteiger partial charge < -0.3 is 9.64 Å². The zero-order valence-corrected chi connectivity index (χ0v) is 16.2. The smallest absolute Gasteiger partial charge is 0.207 e. The number of hydrogen-bond donors (Lipinski definition) is 0. The lowest BCUT2D eigenvalue weighted by Gasteiger charge is -2.26. The summed E-state index contributed by atoms with van der Waals surface area (Å²) in [7, 11) is 0. The Balaban J connectivity index is 1.58. The molecule has 2 heterocycles. The molecule has 25 heavy (non-hydrogen) atoms. The van der Waals surface area contributed by atoms with E-state index in [0.717, 1.165) is 38.5 Å². The van der Waals surface area contributed by atoms with Crippen molar-refractivity contribution in [2.24, 2.45) is 4.99 Å². The van der Waals surface area contributed by atoms with Crippen LogP contribution in [0.1, 0.15) is 63.0 Å². The lowest BCUT2D eigenvalue weighted by atomic mass is 10.1. The van der Waals surface area contributed by atoms with Gasteiger partial charge in [-0.2, -0.15) is 0 Å². The molecule has 3 rings (SSSR count). The number of aryl methyl sites for hydroxylation is 2. The van der Waals surface area contributed by atoms with Gasteiger partial charge in [-0.15, -0.1) is 0 Å². The summed E-state index contributed by atoms with van der Waals surface area (Å²) in [5.74, 6) is 1.08. The molecule has 0 N–H and O–H groups in total. The fourth-order valence-electron chi connectivity index (χ4n) is 3.65. The van der Waals surface area contributed by atoms with Crippen molar-refractivity contribution in [1.29, 1.82) is 0 Å². The van der Waals surface area contributed by atoms with E-state index in [1.807, 2.05) is 0 Å². The molecule has 0 saturated heterocycles. The molecular weight excluding hydrogens is 310 g/mol. The highest BCUT2D eigenvalue weighted by Gasteiger charge is 2.34. The molecule has 1 aromatic rings. The van der Waals surface area contributed by atoms with Crippen molar-refractivity contribution in [3.8, 4) is 0 Å². The monoisotopic (exact) mass is 343 g/mol. The zero-order valence-electron chi connectivity index (χ0n) is 16.2. The summed E-state index contributed by atoms with van der Waals surface area (Å²) in [6.45, 7) is 10.1. The van der Waals surface area contributed by atoms with Crippen molar-refractivity contribution in [3.05, 3.63) is 23.3 Å². The average Bonchev–Trinajstić information content (AvgIpc) is 2.91. The number of nitrogens with zero attached hydrogens (tertiary/aromatic N) is 3. The molecule has 0 fully saturated rings. The normalized spacial score (nSPS) is 16.0. The van der Waals surface area contributed by atoms with Crippen molar-refractivity contribution in [3.63, 3.8) is 0 Å². The number of guanidine groups is 1. The van der Waals surface area contributed by atoms with Crippen molar-refractivity contribution in [2.45, 2.75) is 65.7 Å². The Morgan fingerprint density at radius 1 is 1.00 bits per heavy atom. The van der Waals surface area contributed by atoms with E-state index in [1.165, 1.54) is 54.6 Å². The molecule has 0 aliphatic carbocycles.